The van der Waals surface area contributed by atoms with Gasteiger partial charge in [0.05, 0.1) is 12.1 Å². The van der Waals surface area contributed by atoms with Crippen molar-refractivity contribution in [1.82, 2.24) is 14.4 Å². The molecule has 0 aliphatic carbocycles. The first-order valence-electron chi connectivity index (χ1n) is 6.43. The number of carboxylic acid groups (broad SMARTS) is 1. The van der Waals surface area contributed by atoms with E-state index in [1.807, 2.05) is 18.2 Å². The van der Waals surface area contributed by atoms with Crippen molar-refractivity contribution >= 4 is 34.4 Å². The third-order valence-corrected chi connectivity index (χ3v) is 3.85. The lowest BCUT2D eigenvalue weighted by molar-refractivity contribution is -0.136. The molecule has 0 saturated heterocycles. The molecule has 0 radical (unpaired) electrons. The number of hydrogen-bond acceptors (Lipinski definition) is 5. The first-order valence-corrected chi connectivity index (χ1v) is 7.31. The smallest absolute Gasteiger partial charge is 0.309 e. The summed E-state index contributed by atoms with van der Waals surface area (Å²) in [5, 5.41) is 10.5. The summed E-state index contributed by atoms with van der Waals surface area (Å²) in [5.41, 5.74) is 1.65. The van der Waals surface area contributed by atoms with Gasteiger partial charge in [-0.25, -0.2) is 4.98 Å². The van der Waals surface area contributed by atoms with Crippen LogP contribution in [0.1, 0.15) is 17.0 Å². The molecule has 0 aliphatic rings. The third-order valence-electron chi connectivity index (χ3n) is 2.98. The van der Waals surface area contributed by atoms with Gasteiger partial charge in [0, 0.05) is 29.5 Å². The van der Waals surface area contributed by atoms with Crippen LogP contribution in [0.5, 0.6) is 0 Å². The number of hydrogen-bond donors (Lipinski definition) is 1. The molecule has 0 aromatic carbocycles. The van der Waals surface area contributed by atoms with E-state index >= 15 is 0 Å². The third kappa shape index (κ3) is 2.94. The molecule has 0 bridgehead atoms. The van der Waals surface area contributed by atoms with Gasteiger partial charge in [-0.3, -0.25) is 19.0 Å². The number of pyridine rings is 1. The van der Waals surface area contributed by atoms with Crippen molar-refractivity contribution in [2.75, 3.05) is 0 Å². The van der Waals surface area contributed by atoms with Gasteiger partial charge in [0.15, 0.2) is 4.96 Å². The monoisotopic (exact) mass is 313 g/mol. The fraction of sp³-hybridized carbons (Fsp3) is 0.0667. The van der Waals surface area contributed by atoms with Gasteiger partial charge in [-0.15, -0.1) is 11.3 Å². The molecule has 3 aromatic heterocycles. The Morgan fingerprint density at radius 1 is 1.32 bits per heavy atom. The lowest BCUT2D eigenvalue weighted by Crippen LogP contribution is -2.17. The zero-order valence-corrected chi connectivity index (χ0v) is 12.2. The highest BCUT2D eigenvalue weighted by Gasteiger charge is 2.10. The van der Waals surface area contributed by atoms with Gasteiger partial charge in [-0.2, -0.15) is 0 Å². The first kappa shape index (κ1) is 14.2. The molecule has 110 valence electrons. The van der Waals surface area contributed by atoms with E-state index < -0.39 is 5.97 Å². The van der Waals surface area contributed by atoms with E-state index in [9.17, 15) is 9.59 Å². The summed E-state index contributed by atoms with van der Waals surface area (Å²) in [6.07, 6.45) is 6.75. The van der Waals surface area contributed by atoms with Gasteiger partial charge in [0.2, 0.25) is 0 Å². The Labute approximate surface area is 129 Å². The van der Waals surface area contributed by atoms with Crippen LogP contribution < -0.4 is 5.56 Å². The Kier molecular flexibility index (Phi) is 3.80. The summed E-state index contributed by atoms with van der Waals surface area (Å²) in [5.74, 6) is -0.978. The maximum Gasteiger partial charge on any atom is 0.309 e. The van der Waals surface area contributed by atoms with E-state index in [1.165, 1.54) is 21.8 Å². The van der Waals surface area contributed by atoms with Crippen LogP contribution in [-0.2, 0) is 11.2 Å². The van der Waals surface area contributed by atoms with Crippen molar-refractivity contribution < 1.29 is 9.90 Å². The summed E-state index contributed by atoms with van der Waals surface area (Å²) in [4.78, 5) is 31.7. The van der Waals surface area contributed by atoms with Crippen LogP contribution in [0.15, 0.2) is 40.8 Å². The molecule has 0 fully saturated rings. The largest absolute Gasteiger partial charge is 0.481 e. The van der Waals surface area contributed by atoms with Crippen LogP contribution >= 0.6 is 11.3 Å². The average molecular weight is 313 g/mol. The zero-order valence-electron chi connectivity index (χ0n) is 11.3. The molecule has 3 heterocycles. The predicted octanol–water partition coefficient (Wildman–Crippen LogP) is 1.95. The van der Waals surface area contributed by atoms with Gasteiger partial charge in [-0.05, 0) is 23.8 Å². The number of thiazole rings is 1. The van der Waals surface area contributed by atoms with E-state index in [0.29, 0.717) is 16.3 Å². The van der Waals surface area contributed by atoms with Crippen LogP contribution in [0.2, 0.25) is 0 Å². The molecule has 0 amide bonds. The molecule has 0 saturated carbocycles. The summed E-state index contributed by atoms with van der Waals surface area (Å²) in [7, 11) is 0. The van der Waals surface area contributed by atoms with Crippen molar-refractivity contribution in [3.8, 4) is 0 Å². The van der Waals surface area contributed by atoms with Crippen molar-refractivity contribution in [2.24, 2.45) is 0 Å². The maximum absolute atomic E-state index is 12.2. The Balaban J connectivity index is 1.98. The molecule has 3 aromatic rings. The topological polar surface area (TPSA) is 84.6 Å². The normalized spacial score (nSPS) is 11.3. The number of carbonyl (C=O) groups is 1. The SMILES string of the molecule is O=C(O)Cc1csc2nc(/C=C/c3ccncc3)cc(=O)n12. The molecule has 7 heteroatoms. The minimum Gasteiger partial charge on any atom is -0.481 e. The van der Waals surface area contributed by atoms with Crippen molar-refractivity contribution in [3.63, 3.8) is 0 Å². The summed E-state index contributed by atoms with van der Waals surface area (Å²) in [6.45, 7) is 0. The molecular formula is C15H11N3O3S. The molecule has 1 N–H and O–H groups in total. The van der Waals surface area contributed by atoms with Crippen LogP contribution in [0.3, 0.4) is 0 Å². The predicted molar refractivity (Wildman–Crippen MR) is 83.8 cm³/mol. The number of fused-ring (bicyclic) bond motifs is 1. The van der Waals surface area contributed by atoms with E-state index in [0.717, 1.165) is 5.56 Å². The van der Waals surface area contributed by atoms with Gasteiger partial charge in [0.1, 0.15) is 0 Å². The average Bonchev–Trinajstić information content (AvgIpc) is 2.89. The second kappa shape index (κ2) is 5.90. The number of aliphatic carboxylic acids is 1. The summed E-state index contributed by atoms with van der Waals surface area (Å²) in [6, 6.07) is 5.08. The van der Waals surface area contributed by atoms with Crippen molar-refractivity contribution in [1.29, 1.82) is 0 Å². The van der Waals surface area contributed by atoms with Crippen LogP contribution in [0, 0.1) is 0 Å². The molecule has 0 aliphatic heterocycles. The highest BCUT2D eigenvalue weighted by atomic mass is 32.1. The van der Waals surface area contributed by atoms with Crippen LogP contribution in [-0.4, -0.2) is 25.4 Å². The number of nitrogens with zero attached hydrogens (tertiary/aromatic N) is 3. The molecule has 0 unspecified atom stereocenters. The standard InChI is InChI=1S/C15H11N3O3S/c19-13-7-11(2-1-10-3-5-16-6-4-10)17-15-18(13)12(9-22-15)8-14(20)21/h1-7,9H,8H2,(H,20,21)/b2-1+. The van der Waals surface area contributed by atoms with Gasteiger partial charge < -0.3 is 5.11 Å². The van der Waals surface area contributed by atoms with E-state index in [4.69, 9.17) is 5.11 Å². The quantitative estimate of drug-likeness (QED) is 0.796. The first-order chi connectivity index (χ1) is 10.6. The minimum absolute atomic E-state index is 0.201. The van der Waals surface area contributed by atoms with Crippen LogP contribution in [0.25, 0.3) is 17.1 Å². The van der Waals surface area contributed by atoms with Crippen molar-refractivity contribution in [3.05, 3.63) is 63.3 Å². The Morgan fingerprint density at radius 2 is 2.09 bits per heavy atom. The summed E-state index contributed by atoms with van der Waals surface area (Å²) >= 11 is 1.25. The zero-order chi connectivity index (χ0) is 15.5. The fourth-order valence-corrected chi connectivity index (χ4v) is 2.91. The fourth-order valence-electron chi connectivity index (χ4n) is 2.01. The Bertz CT molecular complexity index is 913. The second-order valence-electron chi connectivity index (χ2n) is 4.55. The molecule has 0 spiro atoms. The lowest BCUT2D eigenvalue weighted by Gasteiger charge is -1.99. The molecule has 3 rings (SSSR count). The second-order valence-corrected chi connectivity index (χ2v) is 5.39. The highest BCUT2D eigenvalue weighted by molar-refractivity contribution is 7.15. The van der Waals surface area contributed by atoms with Crippen molar-refractivity contribution in [2.45, 2.75) is 6.42 Å². The number of rotatable bonds is 4. The summed E-state index contributed by atoms with van der Waals surface area (Å²) < 4.78 is 1.34. The van der Waals surface area contributed by atoms with E-state index in [-0.39, 0.29) is 12.0 Å². The highest BCUT2D eigenvalue weighted by Crippen LogP contribution is 2.14. The van der Waals surface area contributed by atoms with E-state index in [1.54, 1.807) is 23.8 Å². The lowest BCUT2D eigenvalue weighted by atomic mass is 10.2. The minimum atomic E-state index is -0.978. The Hall–Kier alpha value is -2.80. The number of carboxylic acids is 1. The maximum atomic E-state index is 12.2. The van der Waals surface area contributed by atoms with Gasteiger partial charge in [0.25, 0.3) is 5.56 Å². The van der Waals surface area contributed by atoms with Gasteiger partial charge in [-0.1, -0.05) is 6.08 Å². The van der Waals surface area contributed by atoms with Crippen LogP contribution in [0.4, 0.5) is 0 Å². The molecular weight excluding hydrogens is 302 g/mol. The molecule has 22 heavy (non-hydrogen) atoms. The Morgan fingerprint density at radius 3 is 2.82 bits per heavy atom. The van der Waals surface area contributed by atoms with E-state index in [2.05, 4.69) is 9.97 Å². The number of aromatic nitrogens is 3. The molecule has 6 nitrogen and oxygen atoms in total. The molecule has 0 atom stereocenters. The van der Waals surface area contributed by atoms with Gasteiger partial charge >= 0.3 is 5.97 Å².